The summed E-state index contributed by atoms with van der Waals surface area (Å²) in [5, 5.41) is 11.8. The van der Waals surface area contributed by atoms with Crippen LogP contribution in [0.5, 0.6) is 0 Å². The maximum absolute atomic E-state index is 10.7. The highest BCUT2D eigenvalue weighted by Gasteiger charge is 2.24. The summed E-state index contributed by atoms with van der Waals surface area (Å²) >= 11 is 0. The summed E-state index contributed by atoms with van der Waals surface area (Å²) in [5.41, 5.74) is 0.841. The first-order valence-corrected chi connectivity index (χ1v) is 3.90. The van der Waals surface area contributed by atoms with Crippen LogP contribution >= 0.6 is 0 Å². The summed E-state index contributed by atoms with van der Waals surface area (Å²) in [7, 11) is 0. The molecule has 2 heterocycles. The van der Waals surface area contributed by atoms with Crippen LogP contribution in [0, 0.1) is 0 Å². The van der Waals surface area contributed by atoms with Gasteiger partial charge in [-0.3, -0.25) is 10.1 Å². The number of fused-ring (bicyclic) bond motifs is 1. The van der Waals surface area contributed by atoms with Crippen molar-refractivity contribution in [3.05, 3.63) is 24.0 Å². The van der Waals surface area contributed by atoms with Crippen molar-refractivity contribution >= 4 is 5.97 Å². The van der Waals surface area contributed by atoms with Crippen LogP contribution in [-0.2, 0) is 11.3 Å². The first kappa shape index (κ1) is 7.36. The summed E-state index contributed by atoms with van der Waals surface area (Å²) in [6.07, 6.45) is 1.91. The molecular formula is C8H10N2O2. The van der Waals surface area contributed by atoms with Crippen molar-refractivity contribution in [3.8, 4) is 0 Å². The molecule has 2 N–H and O–H groups in total. The SMILES string of the molecule is O=C(O)[C@@H]1NCCn2cccc21. The van der Waals surface area contributed by atoms with Gasteiger partial charge in [-0.1, -0.05) is 0 Å². The van der Waals surface area contributed by atoms with Crippen LogP contribution in [0.1, 0.15) is 11.7 Å². The fourth-order valence-corrected chi connectivity index (χ4v) is 1.54. The van der Waals surface area contributed by atoms with E-state index in [0.29, 0.717) is 0 Å². The van der Waals surface area contributed by atoms with E-state index in [1.807, 2.05) is 22.9 Å². The zero-order valence-corrected chi connectivity index (χ0v) is 6.53. The topological polar surface area (TPSA) is 54.3 Å². The Morgan fingerprint density at radius 3 is 3.33 bits per heavy atom. The number of aliphatic carboxylic acids is 1. The molecule has 1 aromatic rings. The molecule has 0 aromatic carbocycles. The molecule has 1 aliphatic rings. The summed E-state index contributed by atoms with van der Waals surface area (Å²) in [4.78, 5) is 10.7. The lowest BCUT2D eigenvalue weighted by Gasteiger charge is -2.22. The molecule has 0 amide bonds. The van der Waals surface area contributed by atoms with Gasteiger partial charge in [0, 0.05) is 25.0 Å². The van der Waals surface area contributed by atoms with Crippen LogP contribution in [0.4, 0.5) is 0 Å². The van der Waals surface area contributed by atoms with Crippen molar-refractivity contribution in [2.75, 3.05) is 6.54 Å². The van der Waals surface area contributed by atoms with Gasteiger partial charge in [0.2, 0.25) is 0 Å². The Kier molecular flexibility index (Phi) is 1.62. The number of carbonyl (C=O) groups is 1. The molecule has 0 saturated heterocycles. The second-order valence-electron chi connectivity index (χ2n) is 2.85. The van der Waals surface area contributed by atoms with Gasteiger partial charge < -0.3 is 9.67 Å². The molecular weight excluding hydrogens is 156 g/mol. The molecule has 0 fully saturated rings. The van der Waals surface area contributed by atoms with Crippen LogP contribution in [-0.4, -0.2) is 22.2 Å². The van der Waals surface area contributed by atoms with Gasteiger partial charge in [0.25, 0.3) is 0 Å². The summed E-state index contributed by atoms with van der Waals surface area (Å²) < 4.78 is 1.97. The van der Waals surface area contributed by atoms with Gasteiger partial charge in [-0.2, -0.15) is 0 Å². The number of nitrogens with one attached hydrogen (secondary N) is 1. The van der Waals surface area contributed by atoms with Gasteiger partial charge >= 0.3 is 5.97 Å². The minimum Gasteiger partial charge on any atom is -0.480 e. The van der Waals surface area contributed by atoms with E-state index < -0.39 is 12.0 Å². The van der Waals surface area contributed by atoms with Gasteiger partial charge in [-0.15, -0.1) is 0 Å². The van der Waals surface area contributed by atoms with E-state index in [0.717, 1.165) is 18.8 Å². The molecule has 64 valence electrons. The maximum Gasteiger partial charge on any atom is 0.326 e. The number of hydrogen-bond donors (Lipinski definition) is 2. The summed E-state index contributed by atoms with van der Waals surface area (Å²) in [6, 6.07) is 3.18. The van der Waals surface area contributed by atoms with Crippen molar-refractivity contribution in [3.63, 3.8) is 0 Å². The third-order valence-corrected chi connectivity index (χ3v) is 2.11. The predicted octanol–water partition coefficient (Wildman–Crippen LogP) is 0.217. The van der Waals surface area contributed by atoms with E-state index in [1.165, 1.54) is 0 Å². The largest absolute Gasteiger partial charge is 0.480 e. The first-order chi connectivity index (χ1) is 5.79. The third kappa shape index (κ3) is 1.00. The van der Waals surface area contributed by atoms with E-state index in [2.05, 4.69) is 5.32 Å². The molecule has 1 atom stereocenters. The maximum atomic E-state index is 10.7. The van der Waals surface area contributed by atoms with Crippen molar-refractivity contribution in [2.45, 2.75) is 12.6 Å². The predicted molar refractivity (Wildman–Crippen MR) is 42.8 cm³/mol. The highest BCUT2D eigenvalue weighted by molar-refractivity contribution is 5.75. The lowest BCUT2D eigenvalue weighted by Crippen LogP contribution is -2.37. The molecule has 1 aromatic heterocycles. The van der Waals surface area contributed by atoms with Crippen molar-refractivity contribution in [1.29, 1.82) is 0 Å². The second kappa shape index (κ2) is 2.64. The monoisotopic (exact) mass is 166 g/mol. The smallest absolute Gasteiger partial charge is 0.326 e. The zero-order chi connectivity index (χ0) is 8.55. The zero-order valence-electron chi connectivity index (χ0n) is 6.53. The molecule has 0 bridgehead atoms. The Labute approximate surface area is 69.8 Å². The average molecular weight is 166 g/mol. The van der Waals surface area contributed by atoms with Crippen LogP contribution < -0.4 is 5.32 Å². The Bertz CT molecular complexity index is 306. The van der Waals surface area contributed by atoms with Gasteiger partial charge in [0.05, 0.1) is 0 Å². The molecule has 0 spiro atoms. The molecule has 0 unspecified atom stereocenters. The fraction of sp³-hybridized carbons (Fsp3) is 0.375. The Morgan fingerprint density at radius 2 is 2.58 bits per heavy atom. The van der Waals surface area contributed by atoms with Gasteiger partial charge in [0.1, 0.15) is 6.04 Å². The number of aromatic nitrogens is 1. The highest BCUT2D eigenvalue weighted by Crippen LogP contribution is 2.17. The van der Waals surface area contributed by atoms with Gasteiger partial charge in [-0.05, 0) is 12.1 Å². The minimum atomic E-state index is -0.811. The lowest BCUT2D eigenvalue weighted by molar-refractivity contribution is -0.140. The van der Waals surface area contributed by atoms with Gasteiger partial charge in [0.15, 0.2) is 0 Å². The van der Waals surface area contributed by atoms with Crippen molar-refractivity contribution < 1.29 is 9.90 Å². The van der Waals surface area contributed by atoms with Crippen LogP contribution in [0.15, 0.2) is 18.3 Å². The molecule has 0 radical (unpaired) electrons. The normalized spacial score (nSPS) is 21.8. The van der Waals surface area contributed by atoms with E-state index in [9.17, 15) is 4.79 Å². The molecule has 12 heavy (non-hydrogen) atoms. The lowest BCUT2D eigenvalue weighted by atomic mass is 10.2. The third-order valence-electron chi connectivity index (χ3n) is 2.11. The number of nitrogens with zero attached hydrogens (tertiary/aromatic N) is 1. The molecule has 2 rings (SSSR count). The van der Waals surface area contributed by atoms with E-state index in [4.69, 9.17) is 5.11 Å². The number of hydrogen-bond acceptors (Lipinski definition) is 2. The molecule has 1 aliphatic heterocycles. The van der Waals surface area contributed by atoms with Gasteiger partial charge in [-0.25, -0.2) is 0 Å². The fourth-order valence-electron chi connectivity index (χ4n) is 1.54. The van der Waals surface area contributed by atoms with E-state index in [1.54, 1.807) is 0 Å². The minimum absolute atomic E-state index is 0.534. The number of rotatable bonds is 1. The van der Waals surface area contributed by atoms with Crippen molar-refractivity contribution in [1.82, 2.24) is 9.88 Å². The Morgan fingerprint density at radius 1 is 1.75 bits per heavy atom. The summed E-state index contributed by atoms with van der Waals surface area (Å²) in [5.74, 6) is -0.811. The van der Waals surface area contributed by atoms with Crippen LogP contribution in [0.2, 0.25) is 0 Å². The Hall–Kier alpha value is -1.29. The summed E-state index contributed by atoms with van der Waals surface area (Å²) in [6.45, 7) is 1.57. The van der Waals surface area contributed by atoms with E-state index in [-0.39, 0.29) is 0 Å². The van der Waals surface area contributed by atoms with E-state index >= 15 is 0 Å². The van der Waals surface area contributed by atoms with Crippen molar-refractivity contribution in [2.24, 2.45) is 0 Å². The highest BCUT2D eigenvalue weighted by atomic mass is 16.4. The van der Waals surface area contributed by atoms with Crippen LogP contribution in [0.3, 0.4) is 0 Å². The molecule has 0 saturated carbocycles. The first-order valence-electron chi connectivity index (χ1n) is 3.90. The standard InChI is InChI=1S/C8H10N2O2/c11-8(12)7-6-2-1-4-10(6)5-3-9-7/h1-2,4,7,9H,3,5H2,(H,11,12)/t7-/m1/s1. The molecule has 4 nitrogen and oxygen atoms in total. The molecule has 0 aliphatic carbocycles. The number of carboxylic acids is 1. The quantitative estimate of drug-likeness (QED) is 0.627. The molecule has 4 heteroatoms. The Balaban J connectivity index is 2.37. The van der Waals surface area contributed by atoms with Crippen LogP contribution in [0.25, 0.3) is 0 Å². The second-order valence-corrected chi connectivity index (χ2v) is 2.85. The average Bonchev–Trinajstić information content (AvgIpc) is 2.49. The number of carboxylic acid groups (broad SMARTS) is 1.